The van der Waals surface area contributed by atoms with E-state index in [1.54, 1.807) is 0 Å². The first-order chi connectivity index (χ1) is 19.8. The second-order valence-corrected chi connectivity index (χ2v) is 12.4. The number of allylic oxidation sites excluding steroid dienone is 2. The molecule has 0 radical (unpaired) electrons. The van der Waals surface area contributed by atoms with Crippen molar-refractivity contribution in [3.8, 4) is 0 Å². The number of carbonyl (C=O) groups excluding carboxylic acids is 1. The molecule has 0 fully saturated rings. The van der Waals surface area contributed by atoms with E-state index in [4.69, 9.17) is 0 Å². The molecule has 0 aliphatic heterocycles. The molecule has 0 saturated heterocycles. The Morgan fingerprint density at radius 2 is 0.625 bits per heavy atom. The minimum atomic E-state index is 0.0219. The van der Waals surface area contributed by atoms with Gasteiger partial charge < -0.3 is 10.6 Å². The van der Waals surface area contributed by atoms with Crippen LogP contribution in [0.15, 0.2) is 12.2 Å². The molecule has 0 aromatic carbocycles. The van der Waals surface area contributed by atoms with Gasteiger partial charge >= 0.3 is 6.03 Å². The summed E-state index contributed by atoms with van der Waals surface area (Å²) in [7, 11) is 0. The second-order valence-electron chi connectivity index (χ2n) is 12.4. The Morgan fingerprint density at radius 1 is 0.375 bits per heavy atom. The summed E-state index contributed by atoms with van der Waals surface area (Å²) in [6.07, 6.45) is 45.4. The average Bonchev–Trinajstić information content (AvgIpc) is 2.96. The Kier molecular flexibility index (Phi) is 35.1. The summed E-state index contributed by atoms with van der Waals surface area (Å²) in [4.78, 5) is 11.9. The van der Waals surface area contributed by atoms with Crippen LogP contribution in [0.5, 0.6) is 0 Å². The molecule has 0 heterocycles. The Balaban J connectivity index is 3.18. The van der Waals surface area contributed by atoms with Gasteiger partial charge in [0.15, 0.2) is 0 Å². The van der Waals surface area contributed by atoms with Gasteiger partial charge in [-0.1, -0.05) is 180 Å². The number of hydrogen-bond donors (Lipinski definition) is 2. The fraction of sp³-hybridized carbons (Fsp3) is 0.919. The van der Waals surface area contributed by atoms with Gasteiger partial charge in [-0.3, -0.25) is 0 Å². The van der Waals surface area contributed by atoms with E-state index in [0.717, 1.165) is 25.9 Å². The van der Waals surface area contributed by atoms with Gasteiger partial charge in [0.05, 0.1) is 0 Å². The first-order valence-corrected chi connectivity index (χ1v) is 18.5. The first kappa shape index (κ1) is 39.0. The van der Waals surface area contributed by atoms with E-state index in [1.165, 1.54) is 180 Å². The lowest BCUT2D eigenvalue weighted by atomic mass is 10.0. The molecular weight excluding hydrogens is 488 g/mol. The van der Waals surface area contributed by atoms with Gasteiger partial charge in [-0.15, -0.1) is 0 Å². The van der Waals surface area contributed by atoms with E-state index in [2.05, 4.69) is 36.6 Å². The van der Waals surface area contributed by atoms with Crippen LogP contribution in [0.4, 0.5) is 4.79 Å². The Hall–Kier alpha value is -0.990. The van der Waals surface area contributed by atoms with Crippen LogP contribution in [-0.4, -0.2) is 19.1 Å². The van der Waals surface area contributed by atoms with E-state index in [1.807, 2.05) is 0 Å². The normalized spacial score (nSPS) is 11.4. The predicted octanol–water partition coefficient (Wildman–Crippen LogP) is 12.6. The Bertz CT molecular complexity index is 504. The fourth-order valence-corrected chi connectivity index (χ4v) is 5.51. The average molecular weight is 563 g/mol. The van der Waals surface area contributed by atoms with Crippen molar-refractivity contribution in [2.24, 2.45) is 0 Å². The van der Waals surface area contributed by atoms with E-state index in [9.17, 15) is 4.79 Å². The van der Waals surface area contributed by atoms with Gasteiger partial charge in [0.2, 0.25) is 0 Å². The molecule has 0 unspecified atom stereocenters. The van der Waals surface area contributed by atoms with Gasteiger partial charge in [0.25, 0.3) is 0 Å². The maximum atomic E-state index is 11.9. The largest absolute Gasteiger partial charge is 0.338 e. The van der Waals surface area contributed by atoms with E-state index in [-0.39, 0.29) is 6.03 Å². The maximum Gasteiger partial charge on any atom is 0.314 e. The summed E-state index contributed by atoms with van der Waals surface area (Å²) in [5.74, 6) is 0. The molecule has 0 atom stereocenters. The van der Waals surface area contributed by atoms with Crippen LogP contribution < -0.4 is 10.6 Å². The molecular formula is C37H74N2O. The number of carbonyl (C=O) groups is 1. The predicted molar refractivity (Wildman–Crippen MR) is 180 cm³/mol. The molecule has 0 saturated carbocycles. The smallest absolute Gasteiger partial charge is 0.314 e. The van der Waals surface area contributed by atoms with Crippen molar-refractivity contribution < 1.29 is 4.79 Å². The quantitative estimate of drug-likeness (QED) is 0.0606. The third kappa shape index (κ3) is 35.0. The maximum absolute atomic E-state index is 11.9. The highest BCUT2D eigenvalue weighted by molar-refractivity contribution is 5.73. The van der Waals surface area contributed by atoms with Crippen LogP contribution in [0.1, 0.15) is 206 Å². The van der Waals surface area contributed by atoms with Crippen LogP contribution in [0.2, 0.25) is 0 Å². The summed E-state index contributed by atoms with van der Waals surface area (Å²) in [5.41, 5.74) is 0. The van der Waals surface area contributed by atoms with Crippen LogP contribution in [0.25, 0.3) is 0 Å². The van der Waals surface area contributed by atoms with Crippen molar-refractivity contribution >= 4 is 6.03 Å². The SMILES string of the molecule is CCCCCCCCC=CCCCCCCCCNC(=O)NCCCCCCCCCCCCCCCCCC. The van der Waals surface area contributed by atoms with Crippen molar-refractivity contribution in [2.45, 2.75) is 206 Å². The summed E-state index contributed by atoms with van der Waals surface area (Å²) < 4.78 is 0. The zero-order valence-electron chi connectivity index (χ0n) is 27.7. The van der Waals surface area contributed by atoms with Crippen LogP contribution in [-0.2, 0) is 0 Å². The third-order valence-corrected chi connectivity index (χ3v) is 8.29. The number of unbranched alkanes of at least 4 members (excludes halogenated alkanes) is 27. The number of hydrogen-bond acceptors (Lipinski definition) is 1. The van der Waals surface area contributed by atoms with Gasteiger partial charge in [-0.05, 0) is 38.5 Å². The Morgan fingerprint density at radius 3 is 0.925 bits per heavy atom. The van der Waals surface area contributed by atoms with Gasteiger partial charge in [-0.25, -0.2) is 4.79 Å². The number of amides is 2. The number of urea groups is 1. The van der Waals surface area contributed by atoms with Crippen molar-refractivity contribution in [2.75, 3.05) is 13.1 Å². The lowest BCUT2D eigenvalue weighted by molar-refractivity contribution is 0.240. The lowest BCUT2D eigenvalue weighted by Gasteiger charge is -2.08. The molecule has 0 aliphatic carbocycles. The van der Waals surface area contributed by atoms with Crippen LogP contribution in [0, 0.1) is 0 Å². The molecule has 0 spiro atoms. The highest BCUT2D eigenvalue weighted by Gasteiger charge is 1.99. The zero-order chi connectivity index (χ0) is 29.0. The number of nitrogens with one attached hydrogen (secondary N) is 2. The molecule has 0 rings (SSSR count). The van der Waals surface area contributed by atoms with Crippen molar-refractivity contribution in [1.82, 2.24) is 10.6 Å². The van der Waals surface area contributed by atoms with Crippen LogP contribution in [0.3, 0.4) is 0 Å². The highest BCUT2D eigenvalue weighted by Crippen LogP contribution is 2.14. The molecule has 238 valence electrons. The van der Waals surface area contributed by atoms with E-state index >= 15 is 0 Å². The van der Waals surface area contributed by atoms with Gasteiger partial charge in [0.1, 0.15) is 0 Å². The fourth-order valence-electron chi connectivity index (χ4n) is 5.51. The summed E-state index contributed by atoms with van der Waals surface area (Å²) in [6, 6.07) is 0.0219. The molecule has 0 aromatic rings. The minimum absolute atomic E-state index is 0.0219. The highest BCUT2D eigenvalue weighted by atomic mass is 16.2. The molecule has 3 nitrogen and oxygen atoms in total. The third-order valence-electron chi connectivity index (χ3n) is 8.29. The summed E-state index contributed by atoms with van der Waals surface area (Å²) >= 11 is 0. The second kappa shape index (κ2) is 36.0. The summed E-state index contributed by atoms with van der Waals surface area (Å²) in [5, 5.41) is 6.06. The number of rotatable bonds is 33. The minimum Gasteiger partial charge on any atom is -0.338 e. The van der Waals surface area contributed by atoms with Crippen LogP contribution >= 0.6 is 0 Å². The zero-order valence-corrected chi connectivity index (χ0v) is 27.7. The molecule has 40 heavy (non-hydrogen) atoms. The first-order valence-electron chi connectivity index (χ1n) is 18.5. The Labute approximate surface area is 252 Å². The van der Waals surface area contributed by atoms with Gasteiger partial charge in [0, 0.05) is 13.1 Å². The summed E-state index contributed by atoms with van der Waals surface area (Å²) in [6.45, 7) is 6.20. The molecule has 0 bridgehead atoms. The van der Waals surface area contributed by atoms with Crippen molar-refractivity contribution in [3.63, 3.8) is 0 Å². The van der Waals surface area contributed by atoms with E-state index in [0.29, 0.717) is 0 Å². The molecule has 0 aliphatic rings. The van der Waals surface area contributed by atoms with E-state index < -0.39 is 0 Å². The standard InChI is InChI=1S/C37H74N2O/c1-3-5-7-9-11-13-15-17-19-21-23-25-27-29-31-33-35-38-37(40)39-36-34-32-30-28-26-24-22-20-18-16-14-12-10-8-6-4-2/h17,19H,3-16,18,20-36H2,1-2H3,(H2,38,39,40). The molecule has 2 N–H and O–H groups in total. The van der Waals surface area contributed by atoms with Crippen molar-refractivity contribution in [1.29, 1.82) is 0 Å². The lowest BCUT2D eigenvalue weighted by Crippen LogP contribution is -2.36. The van der Waals surface area contributed by atoms with Crippen molar-refractivity contribution in [3.05, 3.63) is 12.2 Å². The van der Waals surface area contributed by atoms with Gasteiger partial charge in [-0.2, -0.15) is 0 Å². The molecule has 3 heteroatoms. The molecule has 2 amide bonds. The topological polar surface area (TPSA) is 41.1 Å². The monoisotopic (exact) mass is 563 g/mol. The molecule has 0 aromatic heterocycles.